The molecule has 0 aromatic heterocycles. The topological polar surface area (TPSA) is 35.2 Å². The van der Waals surface area contributed by atoms with Crippen LogP contribution >= 0.6 is 15.9 Å². The van der Waals surface area contributed by atoms with Gasteiger partial charge in [-0.1, -0.05) is 34.1 Å². The highest BCUT2D eigenvalue weighted by Gasteiger charge is 2.02. The molecule has 0 spiro atoms. The first-order valence-electron chi connectivity index (χ1n) is 5.39. The molecule has 3 heteroatoms. The van der Waals surface area contributed by atoms with E-state index in [4.69, 9.17) is 10.5 Å². The first-order chi connectivity index (χ1) is 8.16. The lowest BCUT2D eigenvalue weighted by molar-refractivity contribution is 0.303. The first-order valence-corrected chi connectivity index (χ1v) is 6.18. The maximum atomic E-state index is 5.77. The fourth-order valence-electron chi connectivity index (χ4n) is 1.61. The number of anilines is 1. The Morgan fingerprint density at radius 3 is 2.65 bits per heavy atom. The molecule has 0 aliphatic rings. The molecule has 0 aliphatic heterocycles. The third kappa shape index (κ3) is 3.01. The average molecular weight is 292 g/mol. The maximum absolute atomic E-state index is 5.77. The fraction of sp³-hybridized carbons (Fsp3) is 0.143. The van der Waals surface area contributed by atoms with Gasteiger partial charge in [0, 0.05) is 15.7 Å². The van der Waals surface area contributed by atoms with Crippen molar-refractivity contribution in [2.45, 2.75) is 13.5 Å². The highest BCUT2D eigenvalue weighted by Crippen LogP contribution is 2.23. The minimum Gasteiger partial charge on any atom is -0.489 e. The highest BCUT2D eigenvalue weighted by atomic mass is 79.9. The van der Waals surface area contributed by atoms with Crippen LogP contribution < -0.4 is 10.5 Å². The number of halogens is 1. The largest absolute Gasteiger partial charge is 0.489 e. The van der Waals surface area contributed by atoms with E-state index in [0.29, 0.717) is 6.61 Å². The normalized spacial score (nSPS) is 10.2. The average Bonchev–Trinajstić information content (AvgIpc) is 2.30. The van der Waals surface area contributed by atoms with Crippen molar-refractivity contribution < 1.29 is 4.74 Å². The number of hydrogen-bond acceptors (Lipinski definition) is 2. The molecule has 0 unspecified atom stereocenters. The molecular formula is C14H14BrNO. The predicted octanol–water partition coefficient (Wildman–Crippen LogP) is 3.92. The Morgan fingerprint density at radius 2 is 1.94 bits per heavy atom. The van der Waals surface area contributed by atoms with Crippen molar-refractivity contribution >= 4 is 21.6 Å². The summed E-state index contributed by atoms with van der Waals surface area (Å²) in [5, 5.41) is 0. The Hall–Kier alpha value is -1.48. The van der Waals surface area contributed by atoms with Crippen molar-refractivity contribution in [1.82, 2.24) is 0 Å². The molecule has 2 rings (SSSR count). The molecule has 0 saturated heterocycles. The van der Waals surface area contributed by atoms with Crippen molar-refractivity contribution in [3.63, 3.8) is 0 Å². The van der Waals surface area contributed by atoms with Gasteiger partial charge in [0.05, 0.1) is 0 Å². The molecule has 0 radical (unpaired) electrons. The number of rotatable bonds is 3. The van der Waals surface area contributed by atoms with Crippen LogP contribution in [0.15, 0.2) is 46.9 Å². The van der Waals surface area contributed by atoms with E-state index in [1.807, 2.05) is 49.4 Å². The minimum absolute atomic E-state index is 0.548. The molecule has 2 aromatic rings. The van der Waals surface area contributed by atoms with Gasteiger partial charge < -0.3 is 10.5 Å². The Kier molecular flexibility index (Phi) is 3.69. The van der Waals surface area contributed by atoms with E-state index < -0.39 is 0 Å². The van der Waals surface area contributed by atoms with Crippen LogP contribution in [0.25, 0.3) is 0 Å². The van der Waals surface area contributed by atoms with E-state index in [1.54, 1.807) is 0 Å². The van der Waals surface area contributed by atoms with Crippen molar-refractivity contribution in [3.8, 4) is 5.75 Å². The summed E-state index contributed by atoms with van der Waals surface area (Å²) < 4.78 is 6.84. The monoisotopic (exact) mass is 291 g/mol. The molecule has 0 amide bonds. The summed E-state index contributed by atoms with van der Waals surface area (Å²) in [5.74, 6) is 0.870. The SMILES string of the molecule is Cc1cc(N)ccc1OCc1ccccc1Br. The molecule has 2 nitrogen and oxygen atoms in total. The highest BCUT2D eigenvalue weighted by molar-refractivity contribution is 9.10. The van der Waals surface area contributed by atoms with Crippen LogP contribution in [-0.2, 0) is 6.61 Å². The molecule has 0 heterocycles. The summed E-state index contributed by atoms with van der Waals surface area (Å²) in [6, 6.07) is 13.7. The van der Waals surface area contributed by atoms with Crippen LogP contribution in [0.3, 0.4) is 0 Å². The Balaban J connectivity index is 2.10. The minimum atomic E-state index is 0.548. The van der Waals surface area contributed by atoms with E-state index in [-0.39, 0.29) is 0 Å². The van der Waals surface area contributed by atoms with Gasteiger partial charge in [0.2, 0.25) is 0 Å². The molecule has 2 aromatic carbocycles. The van der Waals surface area contributed by atoms with Gasteiger partial charge in [0.15, 0.2) is 0 Å². The lowest BCUT2D eigenvalue weighted by atomic mass is 10.2. The standard InChI is InChI=1S/C14H14BrNO/c1-10-8-12(16)6-7-14(10)17-9-11-4-2-3-5-13(11)15/h2-8H,9,16H2,1H3. The molecule has 0 aliphatic carbocycles. The molecule has 2 N–H and O–H groups in total. The van der Waals surface area contributed by atoms with Crippen LogP contribution in [0.1, 0.15) is 11.1 Å². The molecule has 0 bridgehead atoms. The van der Waals surface area contributed by atoms with Gasteiger partial charge in [-0.2, -0.15) is 0 Å². The summed E-state index contributed by atoms with van der Waals surface area (Å²) in [7, 11) is 0. The third-order valence-electron chi connectivity index (χ3n) is 2.54. The second kappa shape index (κ2) is 5.23. The van der Waals surface area contributed by atoms with Crippen molar-refractivity contribution in [2.24, 2.45) is 0 Å². The quantitative estimate of drug-likeness (QED) is 0.870. The van der Waals surface area contributed by atoms with Gasteiger partial charge in [-0.15, -0.1) is 0 Å². The van der Waals surface area contributed by atoms with Crippen molar-refractivity contribution in [2.75, 3.05) is 5.73 Å². The van der Waals surface area contributed by atoms with Gasteiger partial charge in [-0.05, 0) is 36.8 Å². The van der Waals surface area contributed by atoms with Gasteiger partial charge in [0.1, 0.15) is 12.4 Å². The van der Waals surface area contributed by atoms with E-state index in [9.17, 15) is 0 Å². The second-order valence-corrected chi connectivity index (χ2v) is 4.76. The predicted molar refractivity (Wildman–Crippen MR) is 74.1 cm³/mol. The molecular weight excluding hydrogens is 278 g/mol. The number of nitrogen functional groups attached to an aromatic ring is 1. The van der Waals surface area contributed by atoms with E-state index >= 15 is 0 Å². The number of aryl methyl sites for hydroxylation is 1. The van der Waals surface area contributed by atoms with Crippen LogP contribution in [0.4, 0.5) is 5.69 Å². The van der Waals surface area contributed by atoms with Gasteiger partial charge >= 0.3 is 0 Å². The zero-order valence-electron chi connectivity index (χ0n) is 9.61. The second-order valence-electron chi connectivity index (χ2n) is 3.91. The van der Waals surface area contributed by atoms with Crippen LogP contribution in [0.2, 0.25) is 0 Å². The smallest absolute Gasteiger partial charge is 0.122 e. The van der Waals surface area contributed by atoms with Crippen LogP contribution in [-0.4, -0.2) is 0 Å². The number of benzene rings is 2. The molecule has 0 fully saturated rings. The van der Waals surface area contributed by atoms with Crippen LogP contribution in [0, 0.1) is 6.92 Å². The molecule has 0 atom stereocenters. The summed E-state index contributed by atoms with van der Waals surface area (Å²) in [5.41, 5.74) is 8.64. The van der Waals surface area contributed by atoms with E-state index in [0.717, 1.165) is 27.0 Å². The zero-order chi connectivity index (χ0) is 12.3. The molecule has 0 saturated carbocycles. The Morgan fingerprint density at radius 1 is 1.18 bits per heavy atom. The number of nitrogens with two attached hydrogens (primary N) is 1. The van der Waals surface area contributed by atoms with Gasteiger partial charge in [-0.25, -0.2) is 0 Å². The van der Waals surface area contributed by atoms with Crippen molar-refractivity contribution in [3.05, 3.63) is 58.1 Å². The Bertz CT molecular complexity index is 525. The summed E-state index contributed by atoms with van der Waals surface area (Å²) in [4.78, 5) is 0. The van der Waals surface area contributed by atoms with Crippen LogP contribution in [0.5, 0.6) is 5.75 Å². The lowest BCUT2D eigenvalue weighted by Gasteiger charge is -2.10. The van der Waals surface area contributed by atoms with E-state index in [1.165, 1.54) is 0 Å². The Labute approximate surface area is 110 Å². The van der Waals surface area contributed by atoms with Gasteiger partial charge in [0.25, 0.3) is 0 Å². The lowest BCUT2D eigenvalue weighted by Crippen LogP contribution is -1.98. The molecule has 88 valence electrons. The van der Waals surface area contributed by atoms with Gasteiger partial charge in [-0.3, -0.25) is 0 Å². The molecule has 17 heavy (non-hydrogen) atoms. The summed E-state index contributed by atoms with van der Waals surface area (Å²) in [6.07, 6.45) is 0. The van der Waals surface area contributed by atoms with Crippen molar-refractivity contribution in [1.29, 1.82) is 0 Å². The van der Waals surface area contributed by atoms with E-state index in [2.05, 4.69) is 15.9 Å². The third-order valence-corrected chi connectivity index (χ3v) is 3.31. The first kappa shape index (κ1) is 12.0. The number of hydrogen-bond donors (Lipinski definition) is 1. The zero-order valence-corrected chi connectivity index (χ0v) is 11.2. The maximum Gasteiger partial charge on any atom is 0.122 e. The fourth-order valence-corrected chi connectivity index (χ4v) is 2.00. The summed E-state index contributed by atoms with van der Waals surface area (Å²) in [6.45, 7) is 2.54. The summed E-state index contributed by atoms with van der Waals surface area (Å²) >= 11 is 3.50. The number of ether oxygens (including phenoxy) is 1.